The molecule has 0 aliphatic rings. The van der Waals surface area contributed by atoms with Crippen molar-refractivity contribution in [3.05, 3.63) is 244 Å². The molecule has 66 heavy (non-hydrogen) atoms. The summed E-state index contributed by atoms with van der Waals surface area (Å²) in [7, 11) is 4.61. The second-order valence-corrected chi connectivity index (χ2v) is 13.4. The van der Waals surface area contributed by atoms with E-state index in [2.05, 4.69) is 51.5 Å². The van der Waals surface area contributed by atoms with E-state index in [-0.39, 0.29) is 78.2 Å². The molecule has 10 rings (SSSR count). The summed E-state index contributed by atoms with van der Waals surface area (Å²) in [5.74, 6) is 0.361. The van der Waals surface area contributed by atoms with E-state index in [0.29, 0.717) is 5.75 Å². The molecule has 0 atom stereocenters. The van der Waals surface area contributed by atoms with Gasteiger partial charge in [-0.2, -0.15) is 0 Å². The normalized spacial score (nSPS) is 9.56. The van der Waals surface area contributed by atoms with Crippen molar-refractivity contribution in [2.45, 2.75) is 0 Å². The number of phenolic OH excluding ortho intramolecular Hbond substituents is 1. The van der Waals surface area contributed by atoms with Gasteiger partial charge in [-0.15, -0.1) is 17.9 Å². The predicted octanol–water partition coefficient (Wildman–Crippen LogP) is 9.19. The molecule has 0 amide bonds. The zero-order chi connectivity index (χ0) is 44.6. The molecule has 8 nitrogen and oxygen atoms in total. The van der Waals surface area contributed by atoms with Gasteiger partial charge in [-0.1, -0.05) is 168 Å². The second kappa shape index (κ2) is 30.1. The summed E-state index contributed by atoms with van der Waals surface area (Å²) in [5.41, 5.74) is 11.5. The molecule has 0 spiro atoms. The van der Waals surface area contributed by atoms with Gasteiger partial charge in [0.25, 0.3) is 0 Å². The fraction of sp³-hybridized carbons (Fsp3) is 0. The van der Waals surface area contributed by atoms with Crippen molar-refractivity contribution >= 4 is 9.42 Å². The minimum atomic E-state index is 0. The molecule has 10 aromatic rings. The number of halogens is 1. The van der Waals surface area contributed by atoms with E-state index >= 15 is 0 Å². The first kappa shape index (κ1) is 53.3. The Hall–Kier alpha value is -5.32. The standard InChI is InChI=1S/2C15H10N3.2C12H10O.ClH.K.2Pt/c2*1-3-7-17-14(5-1)12-9-13(11-16-10-12)15-6-2-4-8-18-15;2*13-12-8-6-11(7-9-12)10-4-2-1-3-5-10;;;;/h2*1-8,10-11H;2*1-9,13H;1H;;;/q2*-1;;;;+1;;+2/p-2. The molecule has 4 aromatic carbocycles. The summed E-state index contributed by atoms with van der Waals surface area (Å²) in [6.45, 7) is 0. The fourth-order valence-electron chi connectivity index (χ4n) is 5.96. The number of benzene rings is 4. The molecule has 0 bridgehead atoms. The molecule has 0 fully saturated rings. The molecule has 0 saturated heterocycles. The third-order valence-corrected chi connectivity index (χ3v) is 9.05. The van der Waals surface area contributed by atoms with Gasteiger partial charge >= 0.3 is 79.6 Å². The molecule has 1 N–H and O–H groups in total. The van der Waals surface area contributed by atoms with E-state index in [1.165, 1.54) is 5.56 Å². The first-order valence-electron chi connectivity index (χ1n) is 19.8. The number of hydrogen-bond acceptors (Lipinski definition) is 8. The van der Waals surface area contributed by atoms with Gasteiger partial charge in [0.05, 0.1) is 0 Å². The van der Waals surface area contributed by atoms with Crippen molar-refractivity contribution in [3.8, 4) is 78.8 Å². The van der Waals surface area contributed by atoms with E-state index in [0.717, 1.165) is 61.7 Å². The van der Waals surface area contributed by atoms with Crippen molar-refractivity contribution < 1.29 is 101 Å². The van der Waals surface area contributed by atoms with Gasteiger partial charge in [0, 0.05) is 68.6 Å². The average Bonchev–Trinajstić information content (AvgIpc) is 3.40. The molecule has 0 unspecified atom stereocenters. The summed E-state index contributed by atoms with van der Waals surface area (Å²) in [4.78, 5) is 25.6. The monoisotopic (exact) mass is 1270 g/mol. The Bertz CT molecular complexity index is 2540. The minimum Gasteiger partial charge on any atom is -0.872 e. The molecular weight excluding hydrogens is 1230 g/mol. The number of phenols is 1. The number of rotatable bonds is 6. The van der Waals surface area contributed by atoms with Crippen molar-refractivity contribution in [2.24, 2.45) is 0 Å². The van der Waals surface area contributed by atoms with E-state index in [4.69, 9.17) is 5.11 Å². The van der Waals surface area contributed by atoms with E-state index in [1.807, 2.05) is 158 Å². The smallest absolute Gasteiger partial charge is 0.872 e. The maximum Gasteiger partial charge on any atom is 1.00 e. The molecule has 12 heteroatoms. The maximum atomic E-state index is 10.9. The fourth-order valence-corrected chi connectivity index (χ4v) is 5.96. The molecule has 6 aromatic heterocycles. The van der Waals surface area contributed by atoms with Crippen LogP contribution in [0.3, 0.4) is 0 Å². The van der Waals surface area contributed by atoms with Crippen LogP contribution >= 0.6 is 9.42 Å². The molecule has 6 heterocycles. The Morgan fingerprint density at radius 3 is 0.939 bits per heavy atom. The zero-order valence-electron chi connectivity index (χ0n) is 35.5. The molecule has 0 aliphatic heterocycles. The number of hydrogen-bond donors (Lipinski definition) is 1. The molecule has 326 valence electrons. The summed E-state index contributed by atoms with van der Waals surface area (Å²) >= 11 is 1.61. The minimum absolute atomic E-state index is 0. The first-order valence-corrected chi connectivity index (χ1v) is 22.6. The van der Waals surface area contributed by atoms with Crippen LogP contribution < -0.4 is 56.5 Å². The Balaban J connectivity index is 0.000000190. The van der Waals surface area contributed by atoms with Crippen molar-refractivity contribution in [1.29, 1.82) is 0 Å². The summed E-state index contributed by atoms with van der Waals surface area (Å²) in [6, 6.07) is 63.9. The van der Waals surface area contributed by atoms with Gasteiger partial charge in [0.1, 0.15) is 5.75 Å². The third-order valence-electron chi connectivity index (χ3n) is 9.05. The van der Waals surface area contributed by atoms with Crippen molar-refractivity contribution in [2.75, 3.05) is 0 Å². The van der Waals surface area contributed by atoms with Crippen LogP contribution in [-0.4, -0.2) is 35.0 Å². The van der Waals surface area contributed by atoms with E-state index < -0.39 is 0 Å². The number of pyridine rings is 6. The summed E-state index contributed by atoms with van der Waals surface area (Å²) in [5, 5.41) is 20.0. The SMILES string of the molecule is Oc1ccc(-c2ccccc2)cc1.[Cl][Pt+].[K+].[O-]c1ccc(-c2ccccc2)cc1.[Pt].[c-]1c(-c2ccccn2)cncc1-c1ccccn1.[c-]1c(-c2ccccn2)cncc1-c1ccccn1. The van der Waals surface area contributed by atoms with Crippen LogP contribution in [0.25, 0.3) is 67.3 Å². The van der Waals surface area contributed by atoms with Crippen LogP contribution in [0, 0.1) is 12.1 Å². The van der Waals surface area contributed by atoms with Gasteiger partial charge in [-0.25, -0.2) is 0 Å². The topological polar surface area (TPSA) is 121 Å². The van der Waals surface area contributed by atoms with Crippen molar-refractivity contribution in [3.63, 3.8) is 0 Å². The Kier molecular flexibility index (Phi) is 24.3. The number of aromatic hydroxyl groups is 1. The van der Waals surface area contributed by atoms with Gasteiger partial charge in [-0.05, 0) is 83.4 Å². The Morgan fingerprint density at radius 2 is 0.652 bits per heavy atom. The number of aromatic nitrogens is 6. The molecular formula is C54H39ClKN6O2Pt2-. The Labute approximate surface area is 457 Å². The molecule has 0 aliphatic carbocycles. The second-order valence-electron chi connectivity index (χ2n) is 13.4. The quantitative estimate of drug-likeness (QED) is 0.129. The van der Waals surface area contributed by atoms with Gasteiger partial charge in [-0.3, -0.25) is 19.9 Å². The average molecular weight is 1270 g/mol. The summed E-state index contributed by atoms with van der Waals surface area (Å²) < 4.78 is 0. The van der Waals surface area contributed by atoms with Gasteiger partial charge < -0.3 is 20.2 Å². The number of nitrogens with zero attached hydrogens (tertiary/aromatic N) is 6. The van der Waals surface area contributed by atoms with Crippen LogP contribution in [0.1, 0.15) is 0 Å². The van der Waals surface area contributed by atoms with E-state index in [9.17, 15) is 5.11 Å². The van der Waals surface area contributed by atoms with Crippen LogP contribution in [-0.2, 0) is 39.8 Å². The van der Waals surface area contributed by atoms with Crippen LogP contribution in [0.4, 0.5) is 0 Å². The predicted molar refractivity (Wildman–Crippen MR) is 250 cm³/mol. The Morgan fingerprint density at radius 1 is 0.379 bits per heavy atom. The molecule has 0 radical (unpaired) electrons. The maximum absolute atomic E-state index is 10.9. The van der Waals surface area contributed by atoms with Crippen LogP contribution in [0.15, 0.2) is 232 Å². The third kappa shape index (κ3) is 17.2. The van der Waals surface area contributed by atoms with Crippen LogP contribution in [0.2, 0.25) is 0 Å². The largest absolute Gasteiger partial charge is 1.00 e. The van der Waals surface area contributed by atoms with Gasteiger partial charge in [0.2, 0.25) is 0 Å². The van der Waals surface area contributed by atoms with Crippen molar-refractivity contribution in [1.82, 2.24) is 29.9 Å². The zero-order valence-corrected chi connectivity index (χ0v) is 43.9. The first-order chi connectivity index (χ1) is 31.6. The van der Waals surface area contributed by atoms with Crippen LogP contribution in [0.5, 0.6) is 11.5 Å². The molecule has 0 saturated carbocycles. The summed E-state index contributed by atoms with van der Waals surface area (Å²) in [6.07, 6.45) is 14.1. The van der Waals surface area contributed by atoms with Gasteiger partial charge in [0.15, 0.2) is 0 Å². The van der Waals surface area contributed by atoms with E-state index in [1.54, 1.807) is 92.6 Å².